The molecule has 1 aliphatic heterocycles. The minimum atomic E-state index is -0.238. The number of nitrogens with zero attached hydrogens (tertiary/aromatic N) is 3. The fourth-order valence-electron chi connectivity index (χ4n) is 3.72. The number of para-hydroxylation sites is 2. The fraction of sp³-hybridized carbons (Fsp3) is 0.192. The van der Waals surface area contributed by atoms with Crippen molar-refractivity contribution in [1.82, 2.24) is 15.4 Å². The minimum absolute atomic E-state index is 0.238. The van der Waals surface area contributed by atoms with Crippen LogP contribution in [0.1, 0.15) is 21.5 Å². The number of H-pyrrole nitrogens is 1. The summed E-state index contributed by atoms with van der Waals surface area (Å²) >= 11 is 1.64. The molecule has 8 heteroatoms. The Bertz CT molecular complexity index is 1250. The Kier molecular flexibility index (Phi) is 6.88. The Hall–Kier alpha value is -3.62. The number of aromatic amines is 1. The smallest absolute Gasteiger partial charge is 0.271 e. The van der Waals surface area contributed by atoms with E-state index in [-0.39, 0.29) is 5.91 Å². The molecular weight excluding hydrogens is 446 g/mol. The van der Waals surface area contributed by atoms with Crippen LogP contribution in [-0.4, -0.2) is 48.4 Å². The molecule has 0 saturated carbocycles. The molecule has 1 amide bonds. The molecule has 5 rings (SSSR count). The zero-order valence-electron chi connectivity index (χ0n) is 18.6. The van der Waals surface area contributed by atoms with Crippen molar-refractivity contribution in [2.45, 2.75) is 10.9 Å². The minimum Gasteiger partial charge on any atom is -0.378 e. The zero-order chi connectivity index (χ0) is 23.2. The lowest BCUT2D eigenvalue weighted by Crippen LogP contribution is -2.36. The molecule has 1 aliphatic rings. The number of ether oxygens (including phenoxy) is 1. The lowest BCUT2D eigenvalue weighted by atomic mass is 10.1. The number of nitrogens with one attached hydrogen (secondary N) is 2. The molecule has 3 aromatic carbocycles. The van der Waals surface area contributed by atoms with Gasteiger partial charge in [0, 0.05) is 30.1 Å². The van der Waals surface area contributed by atoms with E-state index in [0.717, 1.165) is 59.4 Å². The second-order valence-electron chi connectivity index (χ2n) is 7.93. The summed E-state index contributed by atoms with van der Waals surface area (Å²) in [6, 6.07) is 23.6. The average molecular weight is 472 g/mol. The molecule has 2 N–H and O–H groups in total. The molecule has 0 bridgehead atoms. The van der Waals surface area contributed by atoms with Gasteiger partial charge >= 0.3 is 0 Å². The number of carbonyl (C=O) groups excluding carboxylic acids is 1. The van der Waals surface area contributed by atoms with Gasteiger partial charge in [-0.2, -0.15) is 5.10 Å². The number of benzene rings is 3. The molecule has 34 heavy (non-hydrogen) atoms. The summed E-state index contributed by atoms with van der Waals surface area (Å²) in [5, 5.41) is 4.99. The number of thioether (sulfide) groups is 1. The largest absolute Gasteiger partial charge is 0.378 e. The predicted octanol–water partition coefficient (Wildman–Crippen LogP) is 4.46. The van der Waals surface area contributed by atoms with Gasteiger partial charge < -0.3 is 14.6 Å². The molecule has 0 aliphatic carbocycles. The van der Waals surface area contributed by atoms with Crippen molar-refractivity contribution in [3.63, 3.8) is 0 Å². The molecule has 1 fully saturated rings. The molecule has 2 heterocycles. The van der Waals surface area contributed by atoms with Crippen molar-refractivity contribution in [3.8, 4) is 0 Å². The highest BCUT2D eigenvalue weighted by Crippen LogP contribution is 2.23. The molecule has 172 valence electrons. The van der Waals surface area contributed by atoms with E-state index in [1.165, 1.54) is 5.69 Å². The Labute approximate surface area is 202 Å². The first-order valence-corrected chi connectivity index (χ1v) is 12.2. The quantitative estimate of drug-likeness (QED) is 0.236. The van der Waals surface area contributed by atoms with Crippen molar-refractivity contribution in [2.75, 3.05) is 31.2 Å². The van der Waals surface area contributed by atoms with Gasteiger partial charge in [0.25, 0.3) is 5.91 Å². The Morgan fingerprint density at radius 3 is 2.59 bits per heavy atom. The third-order valence-electron chi connectivity index (χ3n) is 5.61. The maximum atomic E-state index is 12.4. The summed E-state index contributed by atoms with van der Waals surface area (Å²) in [4.78, 5) is 22.6. The second kappa shape index (κ2) is 10.5. The van der Waals surface area contributed by atoms with E-state index >= 15 is 0 Å². The van der Waals surface area contributed by atoms with E-state index in [1.807, 2.05) is 60.7 Å². The number of hydrogen-bond donors (Lipinski definition) is 2. The zero-order valence-corrected chi connectivity index (χ0v) is 19.4. The molecule has 1 saturated heterocycles. The number of carbonyl (C=O) groups is 1. The lowest BCUT2D eigenvalue weighted by molar-refractivity contribution is 0.0955. The predicted molar refractivity (Wildman–Crippen MR) is 137 cm³/mol. The third-order valence-corrected chi connectivity index (χ3v) is 6.55. The van der Waals surface area contributed by atoms with E-state index in [0.29, 0.717) is 5.56 Å². The van der Waals surface area contributed by atoms with Crippen LogP contribution >= 0.6 is 11.8 Å². The Morgan fingerprint density at radius 1 is 1.06 bits per heavy atom. The van der Waals surface area contributed by atoms with Crippen LogP contribution in [-0.2, 0) is 10.5 Å². The number of amides is 1. The van der Waals surface area contributed by atoms with Crippen LogP contribution in [0.25, 0.3) is 11.0 Å². The van der Waals surface area contributed by atoms with Gasteiger partial charge in [-0.15, -0.1) is 0 Å². The van der Waals surface area contributed by atoms with Crippen LogP contribution in [0.5, 0.6) is 0 Å². The summed E-state index contributed by atoms with van der Waals surface area (Å²) < 4.78 is 5.40. The second-order valence-corrected chi connectivity index (χ2v) is 8.90. The van der Waals surface area contributed by atoms with Gasteiger partial charge in [-0.05, 0) is 47.5 Å². The third kappa shape index (κ3) is 5.47. The van der Waals surface area contributed by atoms with Crippen LogP contribution in [0, 0.1) is 0 Å². The first-order valence-electron chi connectivity index (χ1n) is 11.2. The van der Waals surface area contributed by atoms with E-state index in [4.69, 9.17) is 4.74 Å². The van der Waals surface area contributed by atoms with Crippen LogP contribution in [0.3, 0.4) is 0 Å². The summed E-state index contributed by atoms with van der Waals surface area (Å²) in [7, 11) is 0. The monoisotopic (exact) mass is 471 g/mol. The highest BCUT2D eigenvalue weighted by atomic mass is 32.2. The van der Waals surface area contributed by atoms with Crippen molar-refractivity contribution in [1.29, 1.82) is 0 Å². The number of hydrogen-bond acceptors (Lipinski definition) is 6. The summed E-state index contributed by atoms with van der Waals surface area (Å²) in [5.74, 6) is 0.526. The van der Waals surface area contributed by atoms with Crippen molar-refractivity contribution < 1.29 is 9.53 Å². The number of rotatable bonds is 7. The van der Waals surface area contributed by atoms with E-state index in [2.05, 4.69) is 37.5 Å². The number of aromatic nitrogens is 2. The van der Waals surface area contributed by atoms with Gasteiger partial charge in [0.2, 0.25) is 0 Å². The van der Waals surface area contributed by atoms with Gasteiger partial charge in [-0.25, -0.2) is 10.4 Å². The van der Waals surface area contributed by atoms with Crippen LogP contribution in [0.2, 0.25) is 0 Å². The average Bonchev–Trinajstić information content (AvgIpc) is 3.32. The van der Waals surface area contributed by atoms with Gasteiger partial charge in [-0.1, -0.05) is 48.2 Å². The van der Waals surface area contributed by atoms with Crippen LogP contribution < -0.4 is 10.3 Å². The topological polar surface area (TPSA) is 82.6 Å². The van der Waals surface area contributed by atoms with Crippen molar-refractivity contribution in [2.24, 2.45) is 5.10 Å². The Morgan fingerprint density at radius 2 is 1.82 bits per heavy atom. The molecule has 0 radical (unpaired) electrons. The number of fused-ring (bicyclic) bond motifs is 1. The molecule has 7 nitrogen and oxygen atoms in total. The highest BCUT2D eigenvalue weighted by Gasteiger charge is 2.10. The fourth-order valence-corrected chi connectivity index (χ4v) is 4.57. The highest BCUT2D eigenvalue weighted by molar-refractivity contribution is 7.98. The first kappa shape index (κ1) is 22.2. The summed E-state index contributed by atoms with van der Waals surface area (Å²) in [5.41, 5.74) is 8.38. The van der Waals surface area contributed by atoms with Crippen molar-refractivity contribution >= 4 is 40.6 Å². The normalized spacial score (nSPS) is 14.1. The molecule has 0 spiro atoms. The van der Waals surface area contributed by atoms with E-state index in [1.54, 1.807) is 18.0 Å². The number of morpholine rings is 1. The maximum Gasteiger partial charge on any atom is 0.271 e. The maximum absolute atomic E-state index is 12.4. The van der Waals surface area contributed by atoms with Crippen molar-refractivity contribution in [3.05, 3.63) is 89.5 Å². The molecule has 0 atom stereocenters. The SMILES string of the molecule is O=C(NN=Cc1ccc(N2CCOCC2)cc1)c1ccc(CSc2nc3ccccc3[nH]2)cc1. The molecular formula is C26H25N5O2S. The number of anilines is 1. The van der Waals surface area contributed by atoms with Gasteiger partial charge in [0.15, 0.2) is 5.16 Å². The number of imidazole rings is 1. The van der Waals surface area contributed by atoms with Gasteiger partial charge in [0.05, 0.1) is 30.5 Å². The van der Waals surface area contributed by atoms with Crippen LogP contribution in [0.15, 0.2) is 83.1 Å². The van der Waals surface area contributed by atoms with E-state index in [9.17, 15) is 4.79 Å². The van der Waals surface area contributed by atoms with Gasteiger partial charge in [0.1, 0.15) is 0 Å². The number of hydrazone groups is 1. The first-order chi connectivity index (χ1) is 16.7. The summed E-state index contributed by atoms with van der Waals surface area (Å²) in [6.45, 7) is 3.33. The molecule has 0 unspecified atom stereocenters. The van der Waals surface area contributed by atoms with E-state index < -0.39 is 0 Å². The van der Waals surface area contributed by atoms with Crippen LogP contribution in [0.4, 0.5) is 5.69 Å². The Balaban J connectivity index is 1.11. The summed E-state index contributed by atoms with van der Waals surface area (Å²) in [6.07, 6.45) is 1.65. The van der Waals surface area contributed by atoms with Gasteiger partial charge in [-0.3, -0.25) is 4.79 Å². The standard InChI is InChI=1S/C26H25N5O2S/c32-25(30-27-17-19-7-11-22(12-8-19)31-13-15-33-16-14-31)21-9-5-20(6-10-21)18-34-26-28-23-3-1-2-4-24(23)29-26/h1-12,17H,13-16,18H2,(H,28,29)(H,30,32). The molecule has 4 aromatic rings. The molecule has 1 aromatic heterocycles. The lowest BCUT2D eigenvalue weighted by Gasteiger charge is -2.28.